The number of carbonyl (C=O) groups is 1. The Morgan fingerprint density at radius 3 is 1.40 bits per heavy atom. The molecule has 0 aliphatic carbocycles. The van der Waals surface area contributed by atoms with Gasteiger partial charge in [0.2, 0.25) is 0 Å². The van der Waals surface area contributed by atoms with Crippen molar-refractivity contribution >= 4 is 35.2 Å². The Bertz CT molecular complexity index is 1240. The molecule has 0 radical (unpaired) electrons. The molecular weight excluding hydrogens is 575 g/mol. The molecule has 5 nitrogen and oxygen atoms in total. The third kappa shape index (κ3) is 10.0. The summed E-state index contributed by atoms with van der Waals surface area (Å²) in [4.78, 5) is 25.5. The Balaban J connectivity index is 2.66. The van der Waals surface area contributed by atoms with Gasteiger partial charge in [0.05, 0.1) is 10.7 Å². The molecule has 0 spiro atoms. The van der Waals surface area contributed by atoms with E-state index in [0.717, 1.165) is 39.3 Å². The van der Waals surface area contributed by atoms with Crippen molar-refractivity contribution < 1.29 is 14.6 Å². The zero-order valence-electron chi connectivity index (χ0n) is 29.1. The quantitative estimate of drug-likeness (QED) is 0.115. The number of ether oxygens (including phenoxy) is 1. The first-order valence-electron chi connectivity index (χ1n) is 15.4. The molecule has 1 unspecified atom stereocenters. The zero-order chi connectivity index (χ0) is 33.2. The SMILES string of the molecule is CCC(C)(Sc1cc(C(C)(C)C)c(N=O)c(C(C)(C)C)c1)Sc1cc(C(C)(C)C)c(OCCCC(=O)O)c(C(C)(C)C)c1. The van der Waals surface area contributed by atoms with Gasteiger partial charge in [-0.3, -0.25) is 4.79 Å². The molecule has 0 bridgehead atoms. The number of carboxylic acid groups (broad SMARTS) is 1. The molecule has 7 heteroatoms. The summed E-state index contributed by atoms with van der Waals surface area (Å²) in [5.41, 5.74) is 4.01. The van der Waals surface area contributed by atoms with Crippen LogP contribution in [0.25, 0.3) is 0 Å². The topological polar surface area (TPSA) is 76.0 Å². The van der Waals surface area contributed by atoms with Crippen LogP contribution in [-0.4, -0.2) is 21.8 Å². The van der Waals surface area contributed by atoms with E-state index in [9.17, 15) is 9.70 Å². The van der Waals surface area contributed by atoms with E-state index in [1.165, 1.54) is 4.90 Å². The molecule has 2 aromatic rings. The molecule has 0 aliphatic heterocycles. The molecule has 0 aliphatic rings. The highest BCUT2D eigenvalue weighted by atomic mass is 32.2. The van der Waals surface area contributed by atoms with E-state index < -0.39 is 5.97 Å². The maximum atomic E-state index is 12.1. The number of carboxylic acids is 1. The second-order valence-corrected chi connectivity index (χ2v) is 19.3. The van der Waals surface area contributed by atoms with Gasteiger partial charge in [0, 0.05) is 27.3 Å². The number of nitrogens with zero attached hydrogens (tertiary/aromatic N) is 1. The van der Waals surface area contributed by atoms with Crippen LogP contribution in [0.1, 0.15) is 138 Å². The average molecular weight is 630 g/mol. The largest absolute Gasteiger partial charge is 0.493 e. The fourth-order valence-electron chi connectivity index (χ4n) is 4.90. The summed E-state index contributed by atoms with van der Waals surface area (Å²) in [6.45, 7) is 30.9. The van der Waals surface area contributed by atoms with Gasteiger partial charge in [0.15, 0.2) is 0 Å². The lowest BCUT2D eigenvalue weighted by atomic mass is 9.79. The third-order valence-corrected chi connectivity index (χ3v) is 10.4. The van der Waals surface area contributed by atoms with Gasteiger partial charge >= 0.3 is 5.97 Å². The molecule has 1 atom stereocenters. The Kier molecular flexibility index (Phi) is 11.7. The molecule has 2 rings (SSSR count). The van der Waals surface area contributed by atoms with Gasteiger partial charge in [0.25, 0.3) is 0 Å². The Morgan fingerprint density at radius 1 is 0.721 bits per heavy atom. The highest BCUT2D eigenvalue weighted by Crippen LogP contribution is 2.52. The zero-order valence-corrected chi connectivity index (χ0v) is 30.7. The summed E-state index contributed by atoms with van der Waals surface area (Å²) >= 11 is 3.72. The summed E-state index contributed by atoms with van der Waals surface area (Å²) in [5.74, 6) is 0.0716. The number of hydrogen-bond acceptors (Lipinski definition) is 6. The van der Waals surface area contributed by atoms with Crippen molar-refractivity contribution in [2.75, 3.05) is 6.61 Å². The number of benzene rings is 2. The minimum absolute atomic E-state index is 0.0907. The molecule has 0 saturated heterocycles. The lowest BCUT2D eigenvalue weighted by Crippen LogP contribution is -2.21. The fraction of sp³-hybridized carbons (Fsp3) is 0.639. The standard InChI is InChI=1S/C36H55NO4S2/c1-15-36(14,42-23-19-25(32(2,3)4)30(37-40)26(20-23)33(5,6)7)43-24-21-27(34(8,9)10)31(28(22-24)35(11,12)13)41-18-16-17-29(38)39/h19-22H,15-18H2,1-14H3,(H,38,39). The molecule has 0 aromatic heterocycles. The maximum Gasteiger partial charge on any atom is 0.303 e. The van der Waals surface area contributed by atoms with E-state index in [1.54, 1.807) is 0 Å². The normalized spacial score (nSPS) is 14.4. The molecule has 240 valence electrons. The van der Waals surface area contributed by atoms with Gasteiger partial charge in [0.1, 0.15) is 11.4 Å². The van der Waals surface area contributed by atoms with E-state index in [2.05, 4.69) is 126 Å². The second-order valence-electron chi connectivity index (χ2n) is 15.8. The van der Waals surface area contributed by atoms with Crippen LogP contribution >= 0.6 is 23.5 Å². The van der Waals surface area contributed by atoms with Gasteiger partial charge in [-0.15, -0.1) is 28.4 Å². The van der Waals surface area contributed by atoms with Crippen molar-refractivity contribution in [3.8, 4) is 5.75 Å². The van der Waals surface area contributed by atoms with Crippen LogP contribution in [-0.2, 0) is 26.5 Å². The Labute approximate surface area is 269 Å². The third-order valence-electron chi connectivity index (χ3n) is 7.56. The first-order valence-corrected chi connectivity index (χ1v) is 17.0. The van der Waals surface area contributed by atoms with Crippen LogP contribution < -0.4 is 4.74 Å². The summed E-state index contributed by atoms with van der Waals surface area (Å²) < 4.78 is 6.19. The van der Waals surface area contributed by atoms with E-state index in [0.29, 0.717) is 18.7 Å². The second kappa shape index (κ2) is 13.6. The lowest BCUT2D eigenvalue weighted by Gasteiger charge is -2.33. The van der Waals surface area contributed by atoms with Gasteiger partial charge in [-0.05, 0) is 82.0 Å². The average Bonchev–Trinajstić information content (AvgIpc) is 2.84. The van der Waals surface area contributed by atoms with Gasteiger partial charge in [-0.25, -0.2) is 0 Å². The number of aliphatic carboxylic acids is 1. The van der Waals surface area contributed by atoms with Crippen molar-refractivity contribution in [2.24, 2.45) is 5.18 Å². The predicted molar refractivity (Wildman–Crippen MR) is 186 cm³/mol. The van der Waals surface area contributed by atoms with Gasteiger partial charge < -0.3 is 9.84 Å². The van der Waals surface area contributed by atoms with Crippen molar-refractivity contribution in [2.45, 2.75) is 152 Å². The van der Waals surface area contributed by atoms with E-state index >= 15 is 0 Å². The number of thioether (sulfide) groups is 2. The molecule has 2 aromatic carbocycles. The highest BCUT2D eigenvalue weighted by Gasteiger charge is 2.33. The Morgan fingerprint density at radius 2 is 1.09 bits per heavy atom. The molecule has 0 heterocycles. The van der Waals surface area contributed by atoms with Crippen molar-refractivity contribution in [3.63, 3.8) is 0 Å². The van der Waals surface area contributed by atoms with Crippen LogP contribution in [0.2, 0.25) is 0 Å². The van der Waals surface area contributed by atoms with Crippen LogP contribution in [0.5, 0.6) is 5.75 Å². The Hall–Kier alpha value is -1.99. The first kappa shape index (κ1) is 37.2. The van der Waals surface area contributed by atoms with Crippen molar-refractivity contribution in [3.05, 3.63) is 51.4 Å². The molecule has 0 fully saturated rings. The monoisotopic (exact) mass is 629 g/mol. The van der Waals surface area contributed by atoms with Crippen LogP contribution in [0.4, 0.5) is 5.69 Å². The molecular formula is C36H55NO4S2. The van der Waals surface area contributed by atoms with Crippen LogP contribution in [0.15, 0.2) is 39.2 Å². The smallest absolute Gasteiger partial charge is 0.303 e. The summed E-state index contributed by atoms with van der Waals surface area (Å²) in [6, 6.07) is 8.86. The summed E-state index contributed by atoms with van der Waals surface area (Å²) in [6.07, 6.45) is 1.48. The molecule has 0 amide bonds. The number of hydrogen-bond donors (Lipinski definition) is 1. The molecule has 43 heavy (non-hydrogen) atoms. The van der Waals surface area contributed by atoms with Crippen molar-refractivity contribution in [1.29, 1.82) is 0 Å². The number of nitroso groups, excluding NO2 is 1. The molecule has 0 saturated carbocycles. The number of rotatable bonds is 11. The van der Waals surface area contributed by atoms with E-state index in [4.69, 9.17) is 9.84 Å². The van der Waals surface area contributed by atoms with Gasteiger partial charge in [-0.2, -0.15) is 0 Å². The molecule has 1 N–H and O–H groups in total. The predicted octanol–water partition coefficient (Wildman–Crippen LogP) is 11.5. The van der Waals surface area contributed by atoms with Crippen LogP contribution in [0, 0.1) is 4.91 Å². The van der Waals surface area contributed by atoms with E-state index in [-0.39, 0.29) is 32.2 Å². The maximum absolute atomic E-state index is 12.1. The van der Waals surface area contributed by atoms with E-state index in [1.807, 2.05) is 23.5 Å². The highest BCUT2D eigenvalue weighted by molar-refractivity contribution is 8.18. The minimum Gasteiger partial charge on any atom is -0.493 e. The van der Waals surface area contributed by atoms with Gasteiger partial charge in [-0.1, -0.05) is 90.0 Å². The van der Waals surface area contributed by atoms with Crippen molar-refractivity contribution in [1.82, 2.24) is 0 Å². The first-order chi connectivity index (χ1) is 19.4. The lowest BCUT2D eigenvalue weighted by molar-refractivity contribution is -0.137. The summed E-state index contributed by atoms with van der Waals surface area (Å²) in [5, 5.41) is 12.6. The minimum atomic E-state index is -0.805. The fourth-order valence-corrected chi connectivity index (χ4v) is 7.64. The van der Waals surface area contributed by atoms with Crippen LogP contribution in [0.3, 0.4) is 0 Å². The summed E-state index contributed by atoms with van der Waals surface area (Å²) in [7, 11) is 0.